The summed E-state index contributed by atoms with van der Waals surface area (Å²) in [5.74, 6) is 0.796. The van der Waals surface area contributed by atoms with Gasteiger partial charge in [0.25, 0.3) is 0 Å². The largest absolute Gasteiger partial charge is 0.296 e. The molecule has 0 bridgehead atoms. The van der Waals surface area contributed by atoms with Crippen LogP contribution in [0.25, 0.3) is 0 Å². The van der Waals surface area contributed by atoms with E-state index in [9.17, 15) is 0 Å². The molecule has 4 rings (SSSR count). The molecule has 2 aromatic carbocycles. The molecule has 0 saturated carbocycles. The Morgan fingerprint density at radius 3 is 2.59 bits per heavy atom. The molecule has 0 N–H and O–H groups in total. The van der Waals surface area contributed by atoms with Crippen LogP contribution in [0.15, 0.2) is 48.5 Å². The van der Waals surface area contributed by atoms with Crippen molar-refractivity contribution >= 4 is 24.0 Å². The first kappa shape index (κ1) is 15.9. The fourth-order valence-electron chi connectivity index (χ4n) is 4.28. The Morgan fingerprint density at radius 1 is 1.09 bits per heavy atom. The van der Waals surface area contributed by atoms with Crippen molar-refractivity contribution in [2.75, 3.05) is 7.05 Å². The molecule has 1 aliphatic heterocycles. The minimum Gasteiger partial charge on any atom is -0.296 e. The number of nitrogens with zero attached hydrogens (tertiary/aromatic N) is 1. The topological polar surface area (TPSA) is 3.24 Å². The van der Waals surface area contributed by atoms with E-state index in [-0.39, 0.29) is 12.4 Å². The molecule has 1 heterocycles. The van der Waals surface area contributed by atoms with Crippen LogP contribution < -0.4 is 0 Å². The highest BCUT2D eigenvalue weighted by molar-refractivity contribution is 6.30. The number of hydrogen-bond donors (Lipinski definition) is 0. The number of halogens is 2. The molecule has 0 amide bonds. The van der Waals surface area contributed by atoms with E-state index in [1.54, 1.807) is 11.1 Å². The Labute approximate surface area is 143 Å². The summed E-state index contributed by atoms with van der Waals surface area (Å²) in [6, 6.07) is 18.6. The van der Waals surface area contributed by atoms with Crippen molar-refractivity contribution in [2.45, 2.75) is 31.3 Å². The number of hydrogen-bond acceptors (Lipinski definition) is 1. The molecule has 0 aromatic heterocycles. The molecule has 2 aliphatic rings. The van der Waals surface area contributed by atoms with Crippen molar-refractivity contribution in [3.63, 3.8) is 0 Å². The third-order valence-corrected chi connectivity index (χ3v) is 5.53. The Hall–Kier alpha value is -1.02. The van der Waals surface area contributed by atoms with E-state index in [0.717, 1.165) is 17.4 Å². The van der Waals surface area contributed by atoms with Gasteiger partial charge in [-0.3, -0.25) is 4.90 Å². The standard InChI is InChI=1S/C19H20ClN.ClH/c1-21-17(10-13-6-8-16(20)9-7-13)12-15-11-14-4-2-3-5-18(14)19(15)21;/h2-9,15,17,19H,10-12H2,1H3;1H. The average Bonchev–Trinajstić information content (AvgIpc) is 2.99. The second kappa shape index (κ2) is 6.23. The highest BCUT2D eigenvalue weighted by Crippen LogP contribution is 2.48. The van der Waals surface area contributed by atoms with Crippen molar-refractivity contribution in [1.29, 1.82) is 0 Å². The zero-order valence-electron chi connectivity index (χ0n) is 12.7. The van der Waals surface area contributed by atoms with Crippen LogP contribution in [0, 0.1) is 5.92 Å². The van der Waals surface area contributed by atoms with E-state index in [1.807, 2.05) is 12.1 Å². The number of likely N-dealkylation sites (N-methyl/N-ethyl adjacent to an activating group) is 1. The highest BCUT2D eigenvalue weighted by atomic mass is 35.5. The van der Waals surface area contributed by atoms with Crippen molar-refractivity contribution in [3.05, 3.63) is 70.2 Å². The van der Waals surface area contributed by atoms with Crippen LogP contribution in [0.1, 0.15) is 29.2 Å². The van der Waals surface area contributed by atoms with Gasteiger partial charge in [-0.05, 0) is 61.1 Å². The molecule has 1 fully saturated rings. The lowest BCUT2D eigenvalue weighted by Gasteiger charge is -2.26. The van der Waals surface area contributed by atoms with Crippen molar-refractivity contribution < 1.29 is 0 Å². The Morgan fingerprint density at radius 2 is 1.82 bits per heavy atom. The number of fused-ring (bicyclic) bond motifs is 3. The minimum atomic E-state index is 0. The lowest BCUT2D eigenvalue weighted by molar-refractivity contribution is 0.233. The molecule has 3 heteroatoms. The molecule has 0 radical (unpaired) electrons. The second-order valence-electron chi connectivity index (χ2n) is 6.49. The molecule has 2 aromatic rings. The van der Waals surface area contributed by atoms with Crippen LogP contribution in [0.5, 0.6) is 0 Å². The predicted molar refractivity (Wildman–Crippen MR) is 94.9 cm³/mol. The van der Waals surface area contributed by atoms with Crippen LogP contribution >= 0.6 is 24.0 Å². The third-order valence-electron chi connectivity index (χ3n) is 5.28. The first-order valence-electron chi connectivity index (χ1n) is 7.76. The molecule has 1 aliphatic carbocycles. The fourth-order valence-corrected chi connectivity index (χ4v) is 4.41. The van der Waals surface area contributed by atoms with Crippen LogP contribution in [-0.2, 0) is 12.8 Å². The van der Waals surface area contributed by atoms with Gasteiger partial charge in [-0.15, -0.1) is 12.4 Å². The molecule has 0 spiro atoms. The zero-order valence-corrected chi connectivity index (χ0v) is 14.3. The summed E-state index contributed by atoms with van der Waals surface area (Å²) in [5.41, 5.74) is 4.51. The van der Waals surface area contributed by atoms with Crippen LogP contribution in [0.3, 0.4) is 0 Å². The van der Waals surface area contributed by atoms with E-state index in [4.69, 9.17) is 11.6 Å². The quantitative estimate of drug-likeness (QED) is 0.753. The van der Waals surface area contributed by atoms with Crippen molar-refractivity contribution in [3.8, 4) is 0 Å². The van der Waals surface area contributed by atoms with Gasteiger partial charge in [0.1, 0.15) is 0 Å². The smallest absolute Gasteiger partial charge is 0.0406 e. The molecular weight excluding hydrogens is 313 g/mol. The predicted octanol–water partition coefficient (Wildman–Crippen LogP) is 4.92. The van der Waals surface area contributed by atoms with Gasteiger partial charge in [0.05, 0.1) is 0 Å². The normalized spacial score (nSPS) is 26.4. The molecule has 1 saturated heterocycles. The lowest BCUT2D eigenvalue weighted by atomic mass is 9.97. The lowest BCUT2D eigenvalue weighted by Crippen LogP contribution is -2.29. The molecule has 3 unspecified atom stereocenters. The summed E-state index contributed by atoms with van der Waals surface area (Å²) in [6.07, 6.45) is 3.68. The van der Waals surface area contributed by atoms with Gasteiger partial charge in [0.2, 0.25) is 0 Å². The zero-order chi connectivity index (χ0) is 14.4. The van der Waals surface area contributed by atoms with Crippen molar-refractivity contribution in [1.82, 2.24) is 4.90 Å². The second-order valence-corrected chi connectivity index (χ2v) is 6.93. The third kappa shape index (κ3) is 2.67. The molecule has 116 valence electrons. The monoisotopic (exact) mass is 333 g/mol. The van der Waals surface area contributed by atoms with E-state index < -0.39 is 0 Å². The maximum Gasteiger partial charge on any atom is 0.0406 e. The number of benzene rings is 2. The number of rotatable bonds is 2. The molecule has 3 atom stereocenters. The Bertz CT molecular complexity index is 653. The van der Waals surface area contributed by atoms with Gasteiger partial charge < -0.3 is 0 Å². The highest BCUT2D eigenvalue weighted by Gasteiger charge is 2.44. The molecule has 1 nitrogen and oxygen atoms in total. The SMILES string of the molecule is CN1C(Cc2ccc(Cl)cc2)CC2Cc3ccccc3C21.Cl. The van der Waals surface area contributed by atoms with Crippen LogP contribution in [-0.4, -0.2) is 18.0 Å². The van der Waals surface area contributed by atoms with Crippen LogP contribution in [0.2, 0.25) is 5.02 Å². The van der Waals surface area contributed by atoms with Gasteiger partial charge in [0.15, 0.2) is 0 Å². The van der Waals surface area contributed by atoms with Gasteiger partial charge in [-0.1, -0.05) is 48.0 Å². The van der Waals surface area contributed by atoms with Gasteiger partial charge >= 0.3 is 0 Å². The Kier molecular flexibility index (Phi) is 4.49. The van der Waals surface area contributed by atoms with Crippen LogP contribution in [0.4, 0.5) is 0 Å². The summed E-state index contributed by atoms with van der Waals surface area (Å²) >= 11 is 5.98. The molecule has 22 heavy (non-hydrogen) atoms. The Balaban J connectivity index is 0.00000144. The van der Waals surface area contributed by atoms with E-state index in [1.165, 1.54) is 18.4 Å². The fraction of sp³-hybridized carbons (Fsp3) is 0.368. The maximum absolute atomic E-state index is 5.98. The summed E-state index contributed by atoms with van der Waals surface area (Å²) < 4.78 is 0. The van der Waals surface area contributed by atoms with E-state index in [2.05, 4.69) is 48.3 Å². The first-order chi connectivity index (χ1) is 10.2. The summed E-state index contributed by atoms with van der Waals surface area (Å²) in [7, 11) is 2.30. The first-order valence-corrected chi connectivity index (χ1v) is 8.14. The summed E-state index contributed by atoms with van der Waals surface area (Å²) in [5, 5.41) is 0.823. The number of likely N-dealkylation sites (tertiary alicyclic amines) is 1. The average molecular weight is 334 g/mol. The molecular formula is C19H21Cl2N. The van der Waals surface area contributed by atoms with Crippen molar-refractivity contribution in [2.24, 2.45) is 5.92 Å². The van der Waals surface area contributed by atoms with E-state index >= 15 is 0 Å². The summed E-state index contributed by atoms with van der Waals surface area (Å²) in [6.45, 7) is 0. The van der Waals surface area contributed by atoms with Gasteiger partial charge in [-0.2, -0.15) is 0 Å². The minimum absolute atomic E-state index is 0. The van der Waals surface area contributed by atoms with E-state index in [0.29, 0.717) is 12.1 Å². The van der Waals surface area contributed by atoms with Gasteiger partial charge in [0, 0.05) is 17.1 Å². The summed E-state index contributed by atoms with van der Waals surface area (Å²) in [4.78, 5) is 2.60. The van der Waals surface area contributed by atoms with Gasteiger partial charge in [-0.25, -0.2) is 0 Å². The maximum atomic E-state index is 5.98.